The third-order valence-corrected chi connectivity index (χ3v) is 4.01. The number of imide groups is 1. The van der Waals surface area contributed by atoms with Crippen LogP contribution in [0.3, 0.4) is 0 Å². The van der Waals surface area contributed by atoms with E-state index in [2.05, 4.69) is 21.2 Å². The smallest absolute Gasteiger partial charge is 0.251 e. The van der Waals surface area contributed by atoms with Gasteiger partial charge in [0.15, 0.2) is 0 Å². The molecule has 0 aromatic heterocycles. The number of aliphatic hydroxyl groups excluding tert-OH is 1. The molecule has 1 saturated heterocycles. The highest BCUT2D eigenvalue weighted by atomic mass is 79.9. The SMILES string of the molecule is CC(O)c1ccc(Br)cc1N1CC(=O)NC(=O)C1(C)C. The summed E-state index contributed by atoms with van der Waals surface area (Å²) in [7, 11) is 0. The minimum absolute atomic E-state index is 0.0783. The van der Waals surface area contributed by atoms with E-state index in [0.29, 0.717) is 11.3 Å². The highest BCUT2D eigenvalue weighted by Crippen LogP contribution is 2.34. The van der Waals surface area contributed by atoms with Crippen LogP contribution in [-0.4, -0.2) is 29.0 Å². The lowest BCUT2D eigenvalue weighted by Crippen LogP contribution is -2.64. The maximum absolute atomic E-state index is 12.0. The number of aliphatic hydroxyl groups is 1. The molecule has 1 aliphatic rings. The first-order valence-electron chi connectivity index (χ1n) is 6.33. The summed E-state index contributed by atoms with van der Waals surface area (Å²) in [4.78, 5) is 25.4. The Morgan fingerprint density at radius 2 is 2.05 bits per heavy atom. The van der Waals surface area contributed by atoms with Gasteiger partial charge in [0.25, 0.3) is 5.91 Å². The number of halogens is 1. The summed E-state index contributed by atoms with van der Waals surface area (Å²) in [5.74, 6) is -0.684. The summed E-state index contributed by atoms with van der Waals surface area (Å²) >= 11 is 3.39. The predicted molar refractivity (Wildman–Crippen MR) is 79.4 cm³/mol. The summed E-state index contributed by atoms with van der Waals surface area (Å²) in [6.07, 6.45) is -0.686. The first kappa shape index (κ1) is 15.0. The molecule has 20 heavy (non-hydrogen) atoms. The molecule has 1 aromatic carbocycles. The maximum atomic E-state index is 12.0. The Kier molecular flexibility index (Phi) is 3.88. The number of carbonyl (C=O) groups is 2. The molecule has 1 aromatic rings. The Hall–Kier alpha value is -1.40. The van der Waals surface area contributed by atoms with Crippen LogP contribution in [0.1, 0.15) is 32.4 Å². The number of piperazine rings is 1. The van der Waals surface area contributed by atoms with Gasteiger partial charge in [-0.15, -0.1) is 0 Å². The molecule has 0 aliphatic carbocycles. The molecule has 108 valence electrons. The van der Waals surface area contributed by atoms with Crippen LogP contribution in [0.25, 0.3) is 0 Å². The van der Waals surface area contributed by atoms with Gasteiger partial charge in [0, 0.05) is 15.7 Å². The first-order valence-corrected chi connectivity index (χ1v) is 7.12. The average molecular weight is 341 g/mol. The van der Waals surface area contributed by atoms with Crippen molar-refractivity contribution in [2.24, 2.45) is 0 Å². The number of hydrogen-bond acceptors (Lipinski definition) is 4. The van der Waals surface area contributed by atoms with Crippen molar-refractivity contribution in [3.63, 3.8) is 0 Å². The average Bonchev–Trinajstić information content (AvgIpc) is 2.33. The van der Waals surface area contributed by atoms with Gasteiger partial charge in [-0.3, -0.25) is 14.9 Å². The van der Waals surface area contributed by atoms with E-state index in [-0.39, 0.29) is 18.4 Å². The molecular formula is C14H17BrN2O3. The number of hydrogen-bond donors (Lipinski definition) is 2. The van der Waals surface area contributed by atoms with E-state index in [1.54, 1.807) is 31.7 Å². The van der Waals surface area contributed by atoms with Crippen LogP contribution in [-0.2, 0) is 9.59 Å². The molecule has 0 radical (unpaired) electrons. The highest BCUT2D eigenvalue weighted by molar-refractivity contribution is 9.10. The molecule has 2 amide bonds. The van der Waals surface area contributed by atoms with Crippen molar-refractivity contribution in [2.75, 3.05) is 11.4 Å². The van der Waals surface area contributed by atoms with Gasteiger partial charge in [0.05, 0.1) is 12.6 Å². The van der Waals surface area contributed by atoms with Crippen molar-refractivity contribution < 1.29 is 14.7 Å². The topological polar surface area (TPSA) is 69.6 Å². The second-order valence-electron chi connectivity index (χ2n) is 5.40. The van der Waals surface area contributed by atoms with Crippen LogP contribution in [0, 0.1) is 0 Å². The number of benzene rings is 1. The van der Waals surface area contributed by atoms with E-state index in [4.69, 9.17) is 0 Å². The molecule has 0 saturated carbocycles. The lowest BCUT2D eigenvalue weighted by molar-refractivity contribution is -0.135. The van der Waals surface area contributed by atoms with Crippen molar-refractivity contribution in [3.8, 4) is 0 Å². The second-order valence-corrected chi connectivity index (χ2v) is 6.32. The zero-order valence-electron chi connectivity index (χ0n) is 11.6. The van der Waals surface area contributed by atoms with Crippen LogP contribution in [0.4, 0.5) is 5.69 Å². The zero-order valence-corrected chi connectivity index (χ0v) is 13.2. The Labute approximate surface area is 126 Å². The first-order chi connectivity index (χ1) is 9.23. The molecule has 2 N–H and O–H groups in total. The normalized spacial score (nSPS) is 19.8. The minimum atomic E-state index is -0.863. The van der Waals surface area contributed by atoms with E-state index in [9.17, 15) is 14.7 Å². The zero-order chi connectivity index (χ0) is 15.1. The fourth-order valence-electron chi connectivity index (χ4n) is 2.27. The summed E-state index contributed by atoms with van der Waals surface area (Å²) in [5, 5.41) is 12.2. The Morgan fingerprint density at radius 1 is 1.40 bits per heavy atom. The van der Waals surface area contributed by atoms with E-state index in [1.165, 1.54) is 0 Å². The number of carbonyl (C=O) groups excluding carboxylic acids is 2. The largest absolute Gasteiger partial charge is 0.389 e. The standard InChI is InChI=1S/C14H17BrN2O3/c1-8(18)10-5-4-9(15)6-11(10)17-7-12(19)16-13(20)14(17,2)3/h4-6,8,18H,7H2,1-3H3,(H,16,19,20). The lowest BCUT2D eigenvalue weighted by atomic mass is 9.95. The van der Waals surface area contributed by atoms with Crippen molar-refractivity contribution in [1.82, 2.24) is 5.32 Å². The van der Waals surface area contributed by atoms with Crippen LogP contribution in [0.2, 0.25) is 0 Å². The molecule has 1 unspecified atom stereocenters. The molecule has 1 heterocycles. The fourth-order valence-corrected chi connectivity index (χ4v) is 2.62. The molecule has 1 fully saturated rings. The quantitative estimate of drug-likeness (QED) is 0.804. The van der Waals surface area contributed by atoms with E-state index in [1.807, 2.05) is 12.1 Å². The lowest BCUT2D eigenvalue weighted by Gasteiger charge is -2.43. The van der Waals surface area contributed by atoms with Gasteiger partial charge in [-0.05, 0) is 32.9 Å². The Balaban J connectivity index is 2.56. The van der Waals surface area contributed by atoms with Gasteiger partial charge < -0.3 is 10.0 Å². The van der Waals surface area contributed by atoms with Crippen LogP contribution >= 0.6 is 15.9 Å². The van der Waals surface area contributed by atoms with Crippen LogP contribution in [0.15, 0.2) is 22.7 Å². The molecule has 1 aliphatic heterocycles. The van der Waals surface area contributed by atoms with Gasteiger partial charge in [-0.25, -0.2) is 0 Å². The monoisotopic (exact) mass is 340 g/mol. The molecule has 5 nitrogen and oxygen atoms in total. The summed E-state index contributed by atoms with van der Waals surface area (Å²) < 4.78 is 0.825. The Morgan fingerprint density at radius 3 is 2.65 bits per heavy atom. The third-order valence-electron chi connectivity index (χ3n) is 3.52. The predicted octanol–water partition coefficient (Wildman–Crippen LogP) is 1.74. The van der Waals surface area contributed by atoms with Gasteiger partial charge in [0.1, 0.15) is 5.54 Å². The van der Waals surface area contributed by atoms with Crippen molar-refractivity contribution in [2.45, 2.75) is 32.4 Å². The molecule has 2 rings (SSSR count). The summed E-state index contributed by atoms with van der Waals surface area (Å²) in [6, 6.07) is 5.43. The molecular weight excluding hydrogens is 324 g/mol. The molecule has 6 heteroatoms. The molecule has 1 atom stereocenters. The van der Waals surface area contributed by atoms with Crippen LogP contribution in [0.5, 0.6) is 0 Å². The summed E-state index contributed by atoms with van der Waals surface area (Å²) in [6.45, 7) is 5.24. The number of rotatable bonds is 2. The number of nitrogens with one attached hydrogen (secondary N) is 1. The third kappa shape index (κ3) is 2.58. The van der Waals surface area contributed by atoms with Crippen molar-refractivity contribution in [3.05, 3.63) is 28.2 Å². The van der Waals surface area contributed by atoms with E-state index >= 15 is 0 Å². The maximum Gasteiger partial charge on any atom is 0.251 e. The molecule has 0 spiro atoms. The summed E-state index contributed by atoms with van der Waals surface area (Å²) in [5.41, 5.74) is 0.504. The highest BCUT2D eigenvalue weighted by Gasteiger charge is 2.41. The van der Waals surface area contributed by atoms with Gasteiger partial charge in [-0.2, -0.15) is 0 Å². The minimum Gasteiger partial charge on any atom is -0.389 e. The van der Waals surface area contributed by atoms with E-state index < -0.39 is 11.6 Å². The van der Waals surface area contributed by atoms with Gasteiger partial charge >= 0.3 is 0 Å². The second kappa shape index (κ2) is 5.18. The number of anilines is 1. The van der Waals surface area contributed by atoms with Crippen LogP contribution < -0.4 is 10.2 Å². The van der Waals surface area contributed by atoms with Gasteiger partial charge in [0.2, 0.25) is 5.91 Å². The van der Waals surface area contributed by atoms with Crippen molar-refractivity contribution in [1.29, 1.82) is 0 Å². The van der Waals surface area contributed by atoms with E-state index in [0.717, 1.165) is 4.47 Å². The van der Waals surface area contributed by atoms with Gasteiger partial charge in [-0.1, -0.05) is 22.0 Å². The number of nitrogens with zero attached hydrogens (tertiary/aromatic N) is 1. The molecule has 0 bridgehead atoms. The fraction of sp³-hybridized carbons (Fsp3) is 0.429. The number of amides is 2. The Bertz CT molecular complexity index is 570. The van der Waals surface area contributed by atoms with Crippen molar-refractivity contribution >= 4 is 33.4 Å².